The van der Waals surface area contributed by atoms with Crippen molar-refractivity contribution in [2.75, 3.05) is 0 Å². The zero-order chi connectivity index (χ0) is 11.8. The number of rotatable bonds is 4. The Bertz CT molecular complexity index is 222. The molecule has 0 aromatic heterocycles. The summed E-state index contributed by atoms with van der Waals surface area (Å²) in [6.07, 6.45) is 2.82. The van der Waals surface area contributed by atoms with Crippen LogP contribution in [0.5, 0.6) is 0 Å². The van der Waals surface area contributed by atoms with Crippen LogP contribution in [0.1, 0.15) is 33.1 Å². The number of amides is 3. The molecule has 6 heteroatoms. The van der Waals surface area contributed by atoms with E-state index in [4.69, 9.17) is 0 Å². The molecule has 0 aromatic rings. The molecule has 0 radical (unpaired) electrons. The van der Waals surface area contributed by atoms with Crippen molar-refractivity contribution in [2.24, 2.45) is 5.92 Å². The first-order valence-electron chi connectivity index (χ1n) is 4.85. The summed E-state index contributed by atoms with van der Waals surface area (Å²) in [5.41, 5.74) is 0. The van der Waals surface area contributed by atoms with Gasteiger partial charge in [0, 0.05) is 37.2 Å². The number of hydrogen-bond donors (Lipinski definition) is 2. The van der Waals surface area contributed by atoms with Gasteiger partial charge in [-0.1, -0.05) is 26.7 Å². The third-order valence-corrected chi connectivity index (χ3v) is 2.13. The maximum atomic E-state index is 11.1. The van der Waals surface area contributed by atoms with E-state index >= 15 is 0 Å². The van der Waals surface area contributed by atoms with Crippen molar-refractivity contribution < 1.29 is 9.59 Å². The van der Waals surface area contributed by atoms with Crippen LogP contribution in [0.25, 0.3) is 0 Å². The maximum Gasteiger partial charge on any atom is 0.322 e. The molecule has 15 heavy (non-hydrogen) atoms. The van der Waals surface area contributed by atoms with Crippen molar-refractivity contribution in [3.63, 3.8) is 0 Å². The number of nitrogens with one attached hydrogen (secondary N) is 2. The van der Waals surface area contributed by atoms with Gasteiger partial charge in [0.25, 0.3) is 5.91 Å². The molecule has 1 fully saturated rings. The van der Waals surface area contributed by atoms with Crippen LogP contribution in [-0.2, 0) is 4.79 Å². The average molecular weight is 438 g/mol. The van der Waals surface area contributed by atoms with Crippen molar-refractivity contribution in [3.8, 4) is 0 Å². The lowest BCUT2D eigenvalue weighted by Gasteiger charge is -2.07. The summed E-state index contributed by atoms with van der Waals surface area (Å²) in [6, 6.07) is -0.661. The first-order valence-corrected chi connectivity index (χ1v) is 11.1. The highest BCUT2D eigenvalue weighted by atomic mass is 128. The Morgan fingerprint density at radius 1 is 1.33 bits per heavy atom. The van der Waals surface area contributed by atoms with Gasteiger partial charge in [-0.2, -0.15) is 0 Å². The predicted octanol–water partition coefficient (Wildman–Crippen LogP) is 2.79. The van der Waals surface area contributed by atoms with Gasteiger partial charge < -0.3 is 5.32 Å². The number of hydrogen-bond acceptors (Lipinski definition) is 2. The van der Waals surface area contributed by atoms with Gasteiger partial charge >= 0.3 is 6.03 Å². The number of imide groups is 1. The molecule has 0 aliphatic carbocycles. The molecule has 1 atom stereocenters. The fraction of sp³-hybridized carbons (Fsp3) is 0.778. The van der Waals surface area contributed by atoms with Crippen LogP contribution in [0.4, 0.5) is 4.79 Å². The topological polar surface area (TPSA) is 58.2 Å². The van der Waals surface area contributed by atoms with Gasteiger partial charge in [0.05, 0.1) is 0 Å². The Morgan fingerprint density at radius 3 is 2.33 bits per heavy atom. The lowest BCUT2D eigenvalue weighted by molar-refractivity contribution is -0.120. The van der Waals surface area contributed by atoms with Crippen molar-refractivity contribution >= 4 is 49.2 Å². The molecule has 0 aromatic carbocycles. The molecule has 2 N–H and O–H groups in total. The molecule has 1 aliphatic heterocycles. The number of carbonyl (C=O) groups is 2. The molecule has 4 nitrogen and oxygen atoms in total. The second kappa shape index (κ2) is 8.54. The minimum Gasteiger partial charge on any atom is -0.326 e. The molecule has 88 valence electrons. The Hall–Kier alpha value is 0.400. The quantitative estimate of drug-likeness (QED) is 0.524. The summed E-state index contributed by atoms with van der Waals surface area (Å²) in [5.74, 6) is 0.467. The summed E-state index contributed by atoms with van der Waals surface area (Å²) in [6.45, 7) is 4.29. The summed E-state index contributed by atoms with van der Waals surface area (Å²) in [7, 11) is 0. The zero-order valence-corrected chi connectivity index (χ0v) is 13.2. The van der Waals surface area contributed by atoms with Crippen LogP contribution in [-0.4, -0.2) is 18.0 Å². The highest BCUT2D eigenvalue weighted by Crippen LogP contribution is 2.10. The highest BCUT2D eigenvalue weighted by molar-refractivity contribution is 15.0. The summed E-state index contributed by atoms with van der Waals surface area (Å²) < 4.78 is 0. The van der Waals surface area contributed by atoms with Crippen molar-refractivity contribution in [2.45, 2.75) is 39.2 Å². The largest absolute Gasteiger partial charge is 0.326 e. The Labute approximate surface area is 114 Å². The van der Waals surface area contributed by atoms with Gasteiger partial charge in [0.1, 0.15) is 6.04 Å². The van der Waals surface area contributed by atoms with Gasteiger partial charge in [-0.3, -0.25) is 10.1 Å². The second-order valence-electron chi connectivity index (χ2n) is 3.84. The third-order valence-electron chi connectivity index (χ3n) is 2.13. The van der Waals surface area contributed by atoms with E-state index in [2.05, 4.69) is 61.7 Å². The molecular weight excluding hydrogens is 422 g/mol. The molecule has 0 bridgehead atoms. The average Bonchev–Trinajstić information content (AvgIpc) is 2.48. The Balaban J connectivity index is 0.000000921. The number of urea groups is 1. The monoisotopic (exact) mass is 438 g/mol. The molecule has 1 unspecified atom stereocenters. The minimum absolute atomic E-state index is 0.186. The van der Waals surface area contributed by atoms with E-state index in [9.17, 15) is 9.59 Å². The maximum absolute atomic E-state index is 11.1. The van der Waals surface area contributed by atoms with E-state index in [-0.39, 0.29) is 18.0 Å². The standard InChI is InChI=1S/C9H16N2O2.I2/c1-6(2)4-3-5-7-8(12)11-9(13)10-7;1-2/h6-7H,3-5H2,1-2H3,(H2,10,11,12,13);. The van der Waals surface area contributed by atoms with E-state index in [0.717, 1.165) is 19.3 Å². The number of carbonyl (C=O) groups excluding carboxylic acids is 2. The molecule has 1 aliphatic rings. The molecule has 1 rings (SSSR count). The zero-order valence-electron chi connectivity index (χ0n) is 8.85. The SMILES string of the molecule is CC(C)CCCC1NC(=O)NC1=O.II. The summed E-state index contributed by atoms with van der Waals surface area (Å²) >= 11 is 4.24. The van der Waals surface area contributed by atoms with Gasteiger partial charge in [-0.25, -0.2) is 4.79 Å². The smallest absolute Gasteiger partial charge is 0.322 e. The lowest BCUT2D eigenvalue weighted by atomic mass is 10.0. The van der Waals surface area contributed by atoms with Gasteiger partial charge in [-0.15, -0.1) is 0 Å². The molecule has 0 spiro atoms. The minimum atomic E-state index is -0.362. The van der Waals surface area contributed by atoms with Crippen LogP contribution in [0.2, 0.25) is 0 Å². The van der Waals surface area contributed by atoms with Gasteiger partial charge in [-0.05, 0) is 12.3 Å². The Morgan fingerprint density at radius 2 is 1.93 bits per heavy atom. The van der Waals surface area contributed by atoms with Crippen LogP contribution in [0, 0.1) is 5.92 Å². The molecular formula is C9H16I2N2O2. The van der Waals surface area contributed by atoms with E-state index < -0.39 is 0 Å². The molecule has 1 saturated heterocycles. The van der Waals surface area contributed by atoms with E-state index in [0.29, 0.717) is 5.92 Å². The van der Waals surface area contributed by atoms with E-state index in [1.807, 2.05) is 0 Å². The van der Waals surface area contributed by atoms with Crippen LogP contribution in [0.15, 0.2) is 0 Å². The van der Waals surface area contributed by atoms with Crippen LogP contribution < -0.4 is 10.6 Å². The molecule has 1 heterocycles. The van der Waals surface area contributed by atoms with Crippen molar-refractivity contribution in [3.05, 3.63) is 0 Å². The van der Waals surface area contributed by atoms with Crippen molar-refractivity contribution in [1.82, 2.24) is 10.6 Å². The Kier molecular flexibility index (Phi) is 8.77. The normalized spacial score (nSPS) is 19.4. The van der Waals surface area contributed by atoms with E-state index in [1.54, 1.807) is 0 Å². The van der Waals surface area contributed by atoms with Gasteiger partial charge in [0.15, 0.2) is 0 Å². The fourth-order valence-electron chi connectivity index (χ4n) is 1.39. The predicted molar refractivity (Wildman–Crippen MR) is 77.2 cm³/mol. The van der Waals surface area contributed by atoms with Crippen LogP contribution >= 0.6 is 37.2 Å². The third kappa shape index (κ3) is 6.54. The molecule has 0 saturated carbocycles. The van der Waals surface area contributed by atoms with E-state index in [1.165, 1.54) is 0 Å². The first kappa shape index (κ1) is 15.4. The van der Waals surface area contributed by atoms with Crippen molar-refractivity contribution in [1.29, 1.82) is 0 Å². The number of halogens is 2. The lowest BCUT2D eigenvalue weighted by Crippen LogP contribution is -2.28. The van der Waals surface area contributed by atoms with Gasteiger partial charge in [0.2, 0.25) is 0 Å². The van der Waals surface area contributed by atoms with Crippen LogP contribution in [0.3, 0.4) is 0 Å². The summed E-state index contributed by atoms with van der Waals surface area (Å²) in [5, 5.41) is 4.79. The second-order valence-corrected chi connectivity index (χ2v) is 3.84. The fourth-order valence-corrected chi connectivity index (χ4v) is 1.39. The highest BCUT2D eigenvalue weighted by Gasteiger charge is 2.28. The first-order chi connectivity index (χ1) is 7.09. The molecule has 3 amide bonds. The summed E-state index contributed by atoms with van der Waals surface area (Å²) in [4.78, 5) is 21.8.